The molecule has 1 aliphatic heterocycles. The summed E-state index contributed by atoms with van der Waals surface area (Å²) in [5.74, 6) is 0.865. The van der Waals surface area contributed by atoms with Crippen LogP contribution in [0.4, 0.5) is 4.39 Å². The second-order valence-corrected chi connectivity index (χ2v) is 7.00. The zero-order valence-electron chi connectivity index (χ0n) is 17.0. The fourth-order valence-corrected chi connectivity index (χ4v) is 3.24. The molecule has 0 saturated carbocycles. The van der Waals surface area contributed by atoms with Gasteiger partial charge < -0.3 is 14.2 Å². The summed E-state index contributed by atoms with van der Waals surface area (Å²) in [5.41, 5.74) is 2.20. The van der Waals surface area contributed by atoms with Crippen molar-refractivity contribution in [2.45, 2.75) is 6.92 Å². The van der Waals surface area contributed by atoms with Gasteiger partial charge in [0.2, 0.25) is 5.78 Å². The number of halogens is 1. The molecule has 0 atom stereocenters. The molecule has 5 nitrogen and oxygen atoms in total. The van der Waals surface area contributed by atoms with Crippen molar-refractivity contribution in [2.75, 3.05) is 13.7 Å². The number of hydrogen-bond donors (Lipinski definition) is 0. The number of carbonyl (C=O) groups is 2. The van der Waals surface area contributed by atoms with Gasteiger partial charge in [-0.25, -0.2) is 4.39 Å². The molecule has 0 amide bonds. The van der Waals surface area contributed by atoms with Gasteiger partial charge >= 0.3 is 0 Å². The third-order valence-corrected chi connectivity index (χ3v) is 4.98. The molecule has 1 aliphatic rings. The first kappa shape index (κ1) is 20.3. The SMILES string of the molecule is COc1ccc(C(=O)COc2ccc3c(c2C)O/C(=C\c2ccc(F)cc2)C3=O)cc1. The fraction of sp³-hybridized carbons (Fsp3) is 0.120. The van der Waals surface area contributed by atoms with Crippen molar-refractivity contribution in [3.8, 4) is 17.2 Å². The van der Waals surface area contributed by atoms with E-state index in [1.807, 2.05) is 0 Å². The summed E-state index contributed by atoms with van der Waals surface area (Å²) < 4.78 is 29.7. The second kappa shape index (κ2) is 8.44. The van der Waals surface area contributed by atoms with Crippen molar-refractivity contribution < 1.29 is 28.2 Å². The zero-order chi connectivity index (χ0) is 22.0. The number of ether oxygens (including phenoxy) is 3. The number of carbonyl (C=O) groups excluding carboxylic acids is 2. The van der Waals surface area contributed by atoms with Gasteiger partial charge in [-0.2, -0.15) is 0 Å². The average molecular weight is 418 g/mol. The predicted molar refractivity (Wildman–Crippen MR) is 113 cm³/mol. The van der Waals surface area contributed by atoms with Gasteiger partial charge in [0, 0.05) is 11.1 Å². The zero-order valence-corrected chi connectivity index (χ0v) is 17.0. The Kier molecular flexibility index (Phi) is 5.54. The first-order valence-corrected chi connectivity index (χ1v) is 9.59. The molecule has 1 heterocycles. The molecule has 0 aliphatic carbocycles. The Bertz CT molecular complexity index is 1180. The van der Waals surface area contributed by atoms with Crippen molar-refractivity contribution >= 4 is 17.6 Å². The van der Waals surface area contributed by atoms with Gasteiger partial charge in [-0.1, -0.05) is 12.1 Å². The predicted octanol–water partition coefficient (Wildman–Crippen LogP) is 5.02. The highest BCUT2D eigenvalue weighted by Gasteiger charge is 2.30. The number of Topliss-reactive ketones (excluding diaryl/α,β-unsaturated/α-hetero) is 2. The lowest BCUT2D eigenvalue weighted by Crippen LogP contribution is -2.12. The number of benzene rings is 3. The highest BCUT2D eigenvalue weighted by Crippen LogP contribution is 2.39. The van der Waals surface area contributed by atoms with Crippen LogP contribution in [-0.2, 0) is 0 Å². The summed E-state index contributed by atoms with van der Waals surface area (Å²) in [6, 6.07) is 15.8. The van der Waals surface area contributed by atoms with E-state index >= 15 is 0 Å². The Balaban J connectivity index is 1.50. The van der Waals surface area contributed by atoms with Gasteiger partial charge in [-0.05, 0) is 67.1 Å². The number of ketones is 2. The van der Waals surface area contributed by atoms with E-state index in [9.17, 15) is 14.0 Å². The normalized spacial score (nSPS) is 13.6. The molecule has 0 spiro atoms. The molecule has 3 aromatic rings. The Morgan fingerprint density at radius 2 is 1.74 bits per heavy atom. The maximum Gasteiger partial charge on any atom is 0.231 e. The van der Waals surface area contributed by atoms with Crippen LogP contribution >= 0.6 is 0 Å². The molecular weight excluding hydrogens is 399 g/mol. The molecule has 0 unspecified atom stereocenters. The van der Waals surface area contributed by atoms with E-state index in [0.29, 0.717) is 39.5 Å². The molecule has 31 heavy (non-hydrogen) atoms. The summed E-state index contributed by atoms with van der Waals surface area (Å²) in [4.78, 5) is 25.1. The van der Waals surface area contributed by atoms with Crippen molar-refractivity contribution in [1.82, 2.24) is 0 Å². The molecule has 156 valence electrons. The van der Waals surface area contributed by atoms with Crippen molar-refractivity contribution in [2.24, 2.45) is 0 Å². The summed E-state index contributed by atoms with van der Waals surface area (Å²) in [6.45, 7) is 1.61. The minimum atomic E-state index is -0.356. The molecule has 0 aromatic heterocycles. The first-order chi connectivity index (χ1) is 15.0. The molecule has 4 rings (SSSR count). The van der Waals surface area contributed by atoms with Crippen molar-refractivity contribution in [3.63, 3.8) is 0 Å². The van der Waals surface area contributed by atoms with Gasteiger partial charge in [-0.15, -0.1) is 0 Å². The van der Waals surface area contributed by atoms with E-state index < -0.39 is 0 Å². The topological polar surface area (TPSA) is 61.8 Å². The Morgan fingerprint density at radius 3 is 2.42 bits per heavy atom. The molecule has 0 N–H and O–H groups in total. The van der Waals surface area contributed by atoms with Crippen LogP contribution in [0.5, 0.6) is 17.2 Å². The Labute approximate surface area is 178 Å². The van der Waals surface area contributed by atoms with Crippen LogP contribution in [0.1, 0.15) is 31.8 Å². The minimum Gasteiger partial charge on any atom is -0.497 e. The van der Waals surface area contributed by atoms with Crippen LogP contribution in [-0.4, -0.2) is 25.3 Å². The third kappa shape index (κ3) is 4.19. The van der Waals surface area contributed by atoms with Gasteiger partial charge in [0.15, 0.2) is 18.1 Å². The monoisotopic (exact) mass is 418 g/mol. The minimum absolute atomic E-state index is 0.149. The molecule has 0 radical (unpaired) electrons. The summed E-state index contributed by atoms with van der Waals surface area (Å²) >= 11 is 0. The van der Waals surface area contributed by atoms with Crippen LogP contribution in [0.3, 0.4) is 0 Å². The van der Waals surface area contributed by atoms with Gasteiger partial charge in [0.1, 0.15) is 23.1 Å². The van der Waals surface area contributed by atoms with E-state index in [1.54, 1.807) is 68.6 Å². The second-order valence-electron chi connectivity index (χ2n) is 7.00. The van der Waals surface area contributed by atoms with Crippen LogP contribution in [0.2, 0.25) is 0 Å². The van der Waals surface area contributed by atoms with Crippen LogP contribution in [0, 0.1) is 12.7 Å². The molecule has 0 fully saturated rings. The van der Waals surface area contributed by atoms with Gasteiger partial charge in [-0.3, -0.25) is 9.59 Å². The van der Waals surface area contributed by atoms with E-state index in [-0.39, 0.29) is 29.7 Å². The lowest BCUT2D eigenvalue weighted by atomic mass is 10.1. The van der Waals surface area contributed by atoms with Crippen LogP contribution in [0.25, 0.3) is 6.08 Å². The molecule has 0 saturated heterocycles. The maximum atomic E-state index is 13.1. The Morgan fingerprint density at radius 1 is 1.03 bits per heavy atom. The lowest BCUT2D eigenvalue weighted by molar-refractivity contribution is 0.0920. The number of hydrogen-bond acceptors (Lipinski definition) is 5. The van der Waals surface area contributed by atoms with E-state index in [4.69, 9.17) is 14.2 Å². The highest BCUT2D eigenvalue weighted by molar-refractivity contribution is 6.15. The lowest BCUT2D eigenvalue weighted by Gasteiger charge is -2.11. The third-order valence-electron chi connectivity index (χ3n) is 4.98. The smallest absolute Gasteiger partial charge is 0.231 e. The quantitative estimate of drug-likeness (QED) is 0.416. The molecule has 3 aromatic carbocycles. The van der Waals surface area contributed by atoms with E-state index in [0.717, 1.165) is 0 Å². The molecular formula is C25H19FO5. The fourth-order valence-electron chi connectivity index (χ4n) is 3.24. The van der Waals surface area contributed by atoms with Crippen molar-refractivity contribution in [1.29, 1.82) is 0 Å². The van der Waals surface area contributed by atoms with E-state index in [2.05, 4.69) is 0 Å². The molecule has 6 heteroatoms. The number of allylic oxidation sites excluding steroid dienone is 1. The maximum absolute atomic E-state index is 13.1. The average Bonchev–Trinajstić information content (AvgIpc) is 3.11. The summed E-state index contributed by atoms with van der Waals surface area (Å²) in [5, 5.41) is 0. The number of fused-ring (bicyclic) bond motifs is 1. The van der Waals surface area contributed by atoms with Crippen LogP contribution in [0.15, 0.2) is 66.4 Å². The number of rotatable bonds is 6. The standard InChI is InChI=1S/C25H19FO5/c1-15-22(30-14-21(27)17-5-9-19(29-2)10-6-17)12-11-20-24(28)23(31-25(15)20)13-16-3-7-18(26)8-4-16/h3-13H,14H2,1-2H3/b23-13-. The first-order valence-electron chi connectivity index (χ1n) is 9.59. The Hall–Kier alpha value is -3.93. The van der Waals surface area contributed by atoms with Crippen molar-refractivity contribution in [3.05, 3.63) is 94.5 Å². The number of methoxy groups -OCH3 is 1. The van der Waals surface area contributed by atoms with E-state index in [1.165, 1.54) is 12.1 Å². The molecule has 0 bridgehead atoms. The van der Waals surface area contributed by atoms with Gasteiger partial charge in [0.05, 0.1) is 12.7 Å². The highest BCUT2D eigenvalue weighted by atomic mass is 19.1. The summed E-state index contributed by atoms with van der Waals surface area (Å²) in [6.07, 6.45) is 1.56. The van der Waals surface area contributed by atoms with Gasteiger partial charge in [0.25, 0.3) is 0 Å². The van der Waals surface area contributed by atoms with Crippen LogP contribution < -0.4 is 14.2 Å². The largest absolute Gasteiger partial charge is 0.497 e. The summed E-state index contributed by atoms with van der Waals surface area (Å²) in [7, 11) is 1.56.